The maximum Gasteiger partial charge on any atom is 0.401 e. The summed E-state index contributed by atoms with van der Waals surface area (Å²) in [5.41, 5.74) is 0.861. The van der Waals surface area contributed by atoms with Crippen LogP contribution in [0, 0.1) is 13.8 Å². The fraction of sp³-hybridized carbons (Fsp3) is 0.727. The zero-order valence-electron chi connectivity index (χ0n) is 9.84. The van der Waals surface area contributed by atoms with E-state index in [0.717, 1.165) is 28.4 Å². The third-order valence-corrected chi connectivity index (χ3v) is 3.85. The number of hydrogen-bond donors (Lipinski definition) is 0. The van der Waals surface area contributed by atoms with E-state index in [9.17, 15) is 13.2 Å². The molecule has 1 heterocycles. The van der Waals surface area contributed by atoms with Gasteiger partial charge in [0.25, 0.3) is 0 Å². The van der Waals surface area contributed by atoms with Crippen molar-refractivity contribution in [1.82, 2.24) is 9.88 Å². The minimum Gasteiger partial charge on any atom is -0.287 e. The van der Waals surface area contributed by atoms with E-state index >= 15 is 0 Å². The molecule has 0 radical (unpaired) electrons. The molecule has 0 unspecified atom stereocenters. The third-order valence-electron chi connectivity index (χ3n) is 2.79. The Morgan fingerprint density at radius 1 is 1.35 bits per heavy atom. The Kier molecular flexibility index (Phi) is 3.45. The van der Waals surface area contributed by atoms with Crippen LogP contribution in [0.3, 0.4) is 0 Å². The Hall–Kier alpha value is -0.620. The molecule has 1 aromatic rings. The van der Waals surface area contributed by atoms with E-state index in [0.29, 0.717) is 6.54 Å². The highest BCUT2D eigenvalue weighted by atomic mass is 32.1. The van der Waals surface area contributed by atoms with Crippen LogP contribution in [0.15, 0.2) is 0 Å². The smallest absolute Gasteiger partial charge is 0.287 e. The molecule has 1 aromatic heterocycles. The van der Waals surface area contributed by atoms with Crippen LogP contribution in [-0.2, 0) is 6.54 Å². The first-order valence-corrected chi connectivity index (χ1v) is 6.40. The Balaban J connectivity index is 2.05. The minimum atomic E-state index is -4.11. The molecule has 0 saturated heterocycles. The van der Waals surface area contributed by atoms with Crippen molar-refractivity contribution in [3.8, 4) is 0 Å². The first-order chi connectivity index (χ1) is 7.85. The first-order valence-electron chi connectivity index (χ1n) is 5.59. The maximum atomic E-state index is 12.4. The average Bonchev–Trinajstić information content (AvgIpc) is 2.92. The van der Waals surface area contributed by atoms with Crippen LogP contribution in [0.2, 0.25) is 0 Å². The van der Waals surface area contributed by atoms with Crippen LogP contribution in [0.25, 0.3) is 0 Å². The van der Waals surface area contributed by atoms with Gasteiger partial charge in [-0.3, -0.25) is 4.90 Å². The van der Waals surface area contributed by atoms with E-state index in [1.807, 2.05) is 13.8 Å². The Morgan fingerprint density at radius 3 is 2.41 bits per heavy atom. The SMILES string of the molecule is Cc1nc(C)c(CN(CC(F)(F)F)C2CC2)s1. The number of aromatic nitrogens is 1. The molecule has 0 aliphatic heterocycles. The molecule has 0 atom stereocenters. The standard InChI is InChI=1S/C11H15F3N2S/c1-7-10(17-8(2)15-7)5-16(9-3-4-9)6-11(12,13)14/h9H,3-6H2,1-2H3. The van der Waals surface area contributed by atoms with Gasteiger partial charge in [-0.05, 0) is 26.7 Å². The van der Waals surface area contributed by atoms with E-state index in [1.165, 1.54) is 16.2 Å². The zero-order valence-corrected chi connectivity index (χ0v) is 10.7. The van der Waals surface area contributed by atoms with Crippen molar-refractivity contribution in [1.29, 1.82) is 0 Å². The topological polar surface area (TPSA) is 16.1 Å². The fourth-order valence-electron chi connectivity index (χ4n) is 1.89. The van der Waals surface area contributed by atoms with Crippen molar-refractivity contribution < 1.29 is 13.2 Å². The summed E-state index contributed by atoms with van der Waals surface area (Å²) in [5.74, 6) is 0. The molecule has 6 heteroatoms. The molecule has 0 spiro atoms. The second-order valence-corrected chi connectivity index (χ2v) is 5.78. The highest BCUT2D eigenvalue weighted by Gasteiger charge is 2.38. The minimum absolute atomic E-state index is 0.110. The van der Waals surface area contributed by atoms with Gasteiger partial charge in [-0.1, -0.05) is 0 Å². The van der Waals surface area contributed by atoms with Gasteiger partial charge in [0, 0.05) is 17.5 Å². The summed E-state index contributed by atoms with van der Waals surface area (Å²) in [7, 11) is 0. The van der Waals surface area contributed by atoms with E-state index in [-0.39, 0.29) is 6.04 Å². The van der Waals surface area contributed by atoms with Crippen molar-refractivity contribution in [2.75, 3.05) is 6.54 Å². The van der Waals surface area contributed by atoms with Gasteiger partial charge in [-0.2, -0.15) is 13.2 Å². The summed E-state index contributed by atoms with van der Waals surface area (Å²) in [5, 5.41) is 0.917. The van der Waals surface area contributed by atoms with Crippen molar-refractivity contribution >= 4 is 11.3 Å². The number of hydrogen-bond acceptors (Lipinski definition) is 3. The third kappa shape index (κ3) is 3.67. The normalized spacial score (nSPS) is 16.8. The molecule has 96 valence electrons. The van der Waals surface area contributed by atoms with Gasteiger partial charge in [0.2, 0.25) is 0 Å². The van der Waals surface area contributed by atoms with Crippen LogP contribution in [0.5, 0.6) is 0 Å². The molecular weight excluding hydrogens is 249 g/mol. The summed E-state index contributed by atoms with van der Waals surface area (Å²) in [6, 6.07) is 0.110. The Labute approximate surface area is 102 Å². The van der Waals surface area contributed by atoms with Crippen molar-refractivity contribution in [3.63, 3.8) is 0 Å². The molecule has 1 fully saturated rings. The van der Waals surface area contributed by atoms with Gasteiger partial charge in [-0.25, -0.2) is 4.98 Å². The summed E-state index contributed by atoms with van der Waals surface area (Å²) in [6.45, 7) is 3.31. The molecule has 0 aromatic carbocycles. The van der Waals surface area contributed by atoms with Crippen molar-refractivity contribution in [3.05, 3.63) is 15.6 Å². The fourth-order valence-corrected chi connectivity index (χ4v) is 2.85. The van der Waals surface area contributed by atoms with E-state index < -0.39 is 12.7 Å². The molecule has 1 aliphatic rings. The Morgan fingerprint density at radius 2 is 2.00 bits per heavy atom. The monoisotopic (exact) mass is 264 g/mol. The number of alkyl halides is 3. The largest absolute Gasteiger partial charge is 0.401 e. The van der Waals surface area contributed by atoms with Crippen LogP contribution >= 0.6 is 11.3 Å². The predicted molar refractivity (Wildman–Crippen MR) is 61.1 cm³/mol. The molecule has 0 N–H and O–H groups in total. The van der Waals surface area contributed by atoms with Gasteiger partial charge in [0.15, 0.2) is 0 Å². The molecule has 1 aliphatic carbocycles. The number of thiazole rings is 1. The van der Waals surface area contributed by atoms with E-state index in [1.54, 1.807) is 0 Å². The van der Waals surface area contributed by atoms with Crippen LogP contribution in [0.4, 0.5) is 13.2 Å². The highest BCUT2D eigenvalue weighted by Crippen LogP contribution is 2.32. The quantitative estimate of drug-likeness (QED) is 0.829. The lowest BCUT2D eigenvalue weighted by atomic mass is 10.3. The van der Waals surface area contributed by atoms with E-state index in [2.05, 4.69) is 4.98 Å². The summed E-state index contributed by atoms with van der Waals surface area (Å²) in [6.07, 6.45) is -2.35. The number of halogens is 3. The molecule has 2 rings (SSSR count). The Bertz CT molecular complexity index is 396. The molecular formula is C11H15F3N2S. The summed E-state index contributed by atoms with van der Waals surface area (Å²) < 4.78 is 37.3. The van der Waals surface area contributed by atoms with Gasteiger partial charge >= 0.3 is 6.18 Å². The molecule has 0 bridgehead atoms. The number of rotatable bonds is 4. The molecule has 1 saturated carbocycles. The van der Waals surface area contributed by atoms with Gasteiger partial charge in [-0.15, -0.1) is 11.3 Å². The lowest BCUT2D eigenvalue weighted by Crippen LogP contribution is -2.35. The first kappa shape index (κ1) is 12.8. The molecule has 2 nitrogen and oxygen atoms in total. The van der Waals surface area contributed by atoms with E-state index in [4.69, 9.17) is 0 Å². The second-order valence-electron chi connectivity index (χ2n) is 4.49. The van der Waals surface area contributed by atoms with Crippen LogP contribution < -0.4 is 0 Å². The summed E-state index contributed by atoms with van der Waals surface area (Å²) in [4.78, 5) is 6.74. The number of aryl methyl sites for hydroxylation is 2. The lowest BCUT2D eigenvalue weighted by Gasteiger charge is -2.22. The highest BCUT2D eigenvalue weighted by molar-refractivity contribution is 7.11. The van der Waals surface area contributed by atoms with Gasteiger partial charge in [0.05, 0.1) is 17.2 Å². The number of nitrogens with zero attached hydrogens (tertiary/aromatic N) is 2. The van der Waals surface area contributed by atoms with Crippen molar-refractivity contribution in [2.24, 2.45) is 0 Å². The second kappa shape index (κ2) is 4.57. The van der Waals surface area contributed by atoms with Crippen LogP contribution in [-0.4, -0.2) is 28.6 Å². The van der Waals surface area contributed by atoms with Gasteiger partial charge in [0.1, 0.15) is 0 Å². The maximum absolute atomic E-state index is 12.4. The van der Waals surface area contributed by atoms with Crippen molar-refractivity contribution in [2.45, 2.75) is 45.5 Å². The van der Waals surface area contributed by atoms with Gasteiger partial charge < -0.3 is 0 Å². The average molecular weight is 264 g/mol. The molecule has 17 heavy (non-hydrogen) atoms. The summed E-state index contributed by atoms with van der Waals surface area (Å²) >= 11 is 1.49. The van der Waals surface area contributed by atoms with Crippen LogP contribution in [0.1, 0.15) is 28.4 Å². The lowest BCUT2D eigenvalue weighted by molar-refractivity contribution is -0.148. The predicted octanol–water partition coefficient (Wildman–Crippen LogP) is 3.29. The zero-order chi connectivity index (χ0) is 12.6. The molecule has 0 amide bonds.